The van der Waals surface area contributed by atoms with E-state index in [0.717, 1.165) is 64.2 Å². The van der Waals surface area contributed by atoms with Crippen molar-refractivity contribution in [3.8, 4) is 0 Å². The van der Waals surface area contributed by atoms with Crippen LogP contribution < -0.4 is 5.11 Å². The van der Waals surface area contributed by atoms with Crippen LogP contribution in [0.15, 0.2) is 72.9 Å². The van der Waals surface area contributed by atoms with Crippen molar-refractivity contribution in [1.82, 2.24) is 0 Å². The van der Waals surface area contributed by atoms with Crippen LogP contribution in [-0.4, -0.2) is 82.3 Å². The van der Waals surface area contributed by atoms with Crippen molar-refractivity contribution >= 4 is 17.9 Å². The normalized spacial score (nSPS) is 13.0. The SMILES string of the molecule is CC/C=C\C/C=C\C/C=C\C/C=C\CCCCCCCCCCCCCCCCCCCCC(=O)OC(COC(=O)CCCCCCCCCCCCCCCCCCCCCCC/C=C\C/C=C\CCCCCCC)COC(OCC[N+](C)(C)C)C(=O)[O-]. The summed E-state index contributed by atoms with van der Waals surface area (Å²) in [6.07, 6.45) is 91.5. The molecule has 0 spiro atoms. The average Bonchev–Trinajstić information content (AvgIpc) is 3.64. The summed E-state index contributed by atoms with van der Waals surface area (Å²) in [5.74, 6) is -2.26. The molecule has 0 aliphatic rings. The topological polar surface area (TPSA) is 111 Å². The fraction of sp³-hybridized carbons (Fsp3) is 0.812. The van der Waals surface area contributed by atoms with Gasteiger partial charge in [-0.25, -0.2) is 0 Å². The number of nitrogens with zero attached hydrogens (tertiary/aromatic N) is 1. The number of hydrogen-bond acceptors (Lipinski definition) is 8. The Morgan fingerprint density at radius 2 is 0.640 bits per heavy atom. The Bertz CT molecular complexity index is 1690. The molecule has 0 rings (SSSR count). The van der Waals surface area contributed by atoms with E-state index in [-0.39, 0.29) is 32.2 Å². The van der Waals surface area contributed by atoms with Crippen LogP contribution in [-0.2, 0) is 33.3 Å². The molecule has 0 amide bonds. The zero-order valence-corrected chi connectivity index (χ0v) is 59.3. The van der Waals surface area contributed by atoms with E-state index in [9.17, 15) is 19.5 Å². The molecule has 0 fully saturated rings. The first-order chi connectivity index (χ1) is 43.6. The molecule has 9 heteroatoms. The quantitative estimate of drug-likeness (QED) is 0.0195. The molecule has 518 valence electrons. The van der Waals surface area contributed by atoms with Crippen molar-refractivity contribution in [3.63, 3.8) is 0 Å². The predicted octanol–water partition coefficient (Wildman–Crippen LogP) is 22.7. The molecule has 0 saturated heterocycles. The number of unbranched alkanes of at least 4 members (excludes halogenated alkanes) is 44. The third-order valence-electron chi connectivity index (χ3n) is 16.9. The molecule has 0 aliphatic heterocycles. The minimum absolute atomic E-state index is 0.149. The summed E-state index contributed by atoms with van der Waals surface area (Å²) in [5, 5.41) is 11.8. The molecule has 89 heavy (non-hydrogen) atoms. The Kier molecular flexibility index (Phi) is 68.0. The number of carbonyl (C=O) groups is 3. The summed E-state index contributed by atoms with van der Waals surface area (Å²) < 4.78 is 22.9. The van der Waals surface area contributed by atoms with Crippen LogP contribution in [0.3, 0.4) is 0 Å². The summed E-state index contributed by atoms with van der Waals surface area (Å²) in [6, 6.07) is 0. The van der Waals surface area contributed by atoms with Crippen LogP contribution in [0, 0.1) is 0 Å². The van der Waals surface area contributed by atoms with Crippen molar-refractivity contribution < 1.29 is 42.9 Å². The molecule has 2 atom stereocenters. The fourth-order valence-electron chi connectivity index (χ4n) is 11.2. The molecule has 0 saturated carbocycles. The second-order valence-corrected chi connectivity index (χ2v) is 26.9. The zero-order valence-electron chi connectivity index (χ0n) is 59.3. The zero-order chi connectivity index (χ0) is 64.7. The number of carboxylic acids is 1. The lowest BCUT2D eigenvalue weighted by Gasteiger charge is -2.26. The van der Waals surface area contributed by atoms with E-state index < -0.39 is 24.3 Å². The van der Waals surface area contributed by atoms with E-state index in [1.165, 1.54) is 263 Å². The highest BCUT2D eigenvalue weighted by molar-refractivity contribution is 5.70. The van der Waals surface area contributed by atoms with E-state index in [1.54, 1.807) is 0 Å². The van der Waals surface area contributed by atoms with Gasteiger partial charge in [-0.15, -0.1) is 0 Å². The first kappa shape index (κ1) is 85.7. The third-order valence-corrected chi connectivity index (χ3v) is 16.9. The lowest BCUT2D eigenvalue weighted by Crippen LogP contribution is -2.44. The summed E-state index contributed by atoms with van der Waals surface area (Å²) in [4.78, 5) is 37.6. The minimum atomic E-state index is -1.62. The van der Waals surface area contributed by atoms with Gasteiger partial charge in [-0.3, -0.25) is 9.59 Å². The van der Waals surface area contributed by atoms with Crippen molar-refractivity contribution in [1.29, 1.82) is 0 Å². The molecular formula is C80H145NO8. The van der Waals surface area contributed by atoms with Gasteiger partial charge in [0.15, 0.2) is 12.4 Å². The highest BCUT2D eigenvalue weighted by Crippen LogP contribution is 2.19. The van der Waals surface area contributed by atoms with Crippen LogP contribution in [0.2, 0.25) is 0 Å². The van der Waals surface area contributed by atoms with E-state index in [0.29, 0.717) is 23.9 Å². The van der Waals surface area contributed by atoms with Gasteiger partial charge in [-0.05, 0) is 83.5 Å². The molecule has 0 aromatic heterocycles. The Hall–Kier alpha value is -3.27. The highest BCUT2D eigenvalue weighted by atomic mass is 16.7. The summed E-state index contributed by atoms with van der Waals surface area (Å²) in [7, 11) is 5.94. The van der Waals surface area contributed by atoms with Crippen LogP contribution in [0.4, 0.5) is 0 Å². The summed E-state index contributed by atoms with van der Waals surface area (Å²) in [6.45, 7) is 4.68. The second-order valence-electron chi connectivity index (χ2n) is 26.9. The number of hydrogen-bond donors (Lipinski definition) is 0. The van der Waals surface area contributed by atoms with Crippen molar-refractivity contribution in [2.45, 2.75) is 373 Å². The lowest BCUT2D eigenvalue weighted by atomic mass is 10.0. The van der Waals surface area contributed by atoms with Crippen molar-refractivity contribution in [2.75, 3.05) is 47.5 Å². The fourth-order valence-corrected chi connectivity index (χ4v) is 11.2. The number of aliphatic carboxylic acids is 1. The third kappa shape index (κ3) is 72.0. The van der Waals surface area contributed by atoms with Gasteiger partial charge in [0.05, 0.1) is 40.3 Å². The molecule has 9 nitrogen and oxygen atoms in total. The molecule has 2 unspecified atom stereocenters. The number of rotatable bonds is 71. The molecule has 0 radical (unpaired) electrons. The molecule has 0 aliphatic carbocycles. The maximum atomic E-state index is 13.0. The van der Waals surface area contributed by atoms with Crippen molar-refractivity contribution in [3.05, 3.63) is 72.9 Å². The Morgan fingerprint density at radius 3 is 0.955 bits per heavy atom. The molecular weight excluding hydrogens is 1100 g/mol. The van der Waals surface area contributed by atoms with Gasteiger partial charge in [0.25, 0.3) is 0 Å². The van der Waals surface area contributed by atoms with Gasteiger partial charge in [-0.1, -0.05) is 337 Å². The average molecular weight is 1250 g/mol. The lowest BCUT2D eigenvalue weighted by molar-refractivity contribution is -0.870. The van der Waals surface area contributed by atoms with Crippen LogP contribution >= 0.6 is 0 Å². The number of allylic oxidation sites excluding steroid dienone is 12. The number of carboxylic acid groups (broad SMARTS) is 1. The van der Waals surface area contributed by atoms with Crippen LogP contribution in [0.5, 0.6) is 0 Å². The Morgan fingerprint density at radius 1 is 0.348 bits per heavy atom. The summed E-state index contributed by atoms with van der Waals surface area (Å²) >= 11 is 0. The van der Waals surface area contributed by atoms with Gasteiger partial charge in [0, 0.05) is 12.8 Å². The molecule has 0 N–H and O–H groups in total. The standard InChI is InChI=1S/C80H145NO8/c1-6-8-10-12-14-16-18-20-22-24-26-28-30-32-34-36-38-39-41-42-44-46-48-50-52-54-56-58-60-62-64-66-68-70-77(82)87-74-76(75-88-80(79(84)85)86-73-72-81(3,4)5)89-78(83)71-69-67-65-63-61-59-57-55-53-51-49-47-45-43-40-37-35-33-31-29-27-25-23-21-19-17-15-13-11-9-7-2/h9,11,15,17-18,20-21,23-24,26-27,29,76,80H,6-8,10,12-14,16,19,22,25,28,30-75H2,1-5H3/b11-9-,17-15-,20-18-,23-21-,26-24-,29-27-. The van der Waals surface area contributed by atoms with Gasteiger partial charge in [-0.2, -0.15) is 0 Å². The highest BCUT2D eigenvalue weighted by Gasteiger charge is 2.22. The smallest absolute Gasteiger partial charge is 0.306 e. The Balaban J connectivity index is 4.02. The number of ether oxygens (including phenoxy) is 4. The van der Waals surface area contributed by atoms with E-state index in [4.69, 9.17) is 18.9 Å². The van der Waals surface area contributed by atoms with Crippen LogP contribution in [0.25, 0.3) is 0 Å². The first-order valence-corrected chi connectivity index (χ1v) is 38.1. The van der Waals surface area contributed by atoms with E-state index in [2.05, 4.69) is 86.8 Å². The molecule has 0 aromatic rings. The molecule has 0 heterocycles. The second kappa shape index (κ2) is 70.6. The number of quaternary nitrogens is 1. The number of likely N-dealkylation sites (N-methyl/N-ethyl adjacent to an activating group) is 1. The van der Waals surface area contributed by atoms with Gasteiger partial charge in [0.1, 0.15) is 13.2 Å². The van der Waals surface area contributed by atoms with E-state index >= 15 is 0 Å². The minimum Gasteiger partial charge on any atom is -0.545 e. The maximum Gasteiger partial charge on any atom is 0.306 e. The summed E-state index contributed by atoms with van der Waals surface area (Å²) in [5.41, 5.74) is 0. The molecule has 0 bridgehead atoms. The van der Waals surface area contributed by atoms with Crippen LogP contribution in [0.1, 0.15) is 361 Å². The van der Waals surface area contributed by atoms with Gasteiger partial charge < -0.3 is 33.3 Å². The molecule has 0 aromatic carbocycles. The first-order valence-electron chi connectivity index (χ1n) is 38.1. The largest absolute Gasteiger partial charge is 0.545 e. The van der Waals surface area contributed by atoms with Crippen molar-refractivity contribution in [2.24, 2.45) is 0 Å². The maximum absolute atomic E-state index is 13.0. The monoisotopic (exact) mass is 1250 g/mol. The van der Waals surface area contributed by atoms with Gasteiger partial charge >= 0.3 is 11.9 Å². The van der Waals surface area contributed by atoms with E-state index in [1.807, 2.05) is 21.1 Å². The number of carbonyl (C=O) groups excluding carboxylic acids is 3. The predicted molar refractivity (Wildman–Crippen MR) is 380 cm³/mol. The van der Waals surface area contributed by atoms with Gasteiger partial charge in [0.2, 0.25) is 0 Å². The number of esters is 2. The Labute approximate surface area is 551 Å².